The maximum Gasteiger partial charge on any atom is 0.416 e. The molecule has 2 unspecified atom stereocenters. The smallest absolute Gasteiger partial charge is 0.387 e. The Hall–Kier alpha value is -1.07. The minimum Gasteiger partial charge on any atom is -0.387 e. The summed E-state index contributed by atoms with van der Waals surface area (Å²) in [6.45, 7) is 2.99. The van der Waals surface area contributed by atoms with Crippen molar-refractivity contribution in [1.82, 2.24) is 0 Å². The van der Waals surface area contributed by atoms with Gasteiger partial charge < -0.3 is 10.8 Å². The van der Waals surface area contributed by atoms with Crippen molar-refractivity contribution in [3.63, 3.8) is 0 Å². The quantitative estimate of drug-likeness (QED) is 0.823. The molecular weight excluding hydrogens is 219 g/mol. The van der Waals surface area contributed by atoms with E-state index >= 15 is 0 Å². The van der Waals surface area contributed by atoms with Crippen LogP contribution in [-0.2, 0) is 6.18 Å². The molecule has 0 saturated heterocycles. The van der Waals surface area contributed by atoms with Gasteiger partial charge >= 0.3 is 6.18 Å². The van der Waals surface area contributed by atoms with Gasteiger partial charge in [0.15, 0.2) is 0 Å². The zero-order chi connectivity index (χ0) is 12.5. The van der Waals surface area contributed by atoms with Crippen LogP contribution >= 0.6 is 0 Å². The van der Waals surface area contributed by atoms with Crippen LogP contribution in [0.3, 0.4) is 0 Å². The van der Waals surface area contributed by atoms with E-state index in [0.717, 1.165) is 6.07 Å². The molecule has 0 fully saturated rings. The number of nitrogens with two attached hydrogens (primary N) is 1. The van der Waals surface area contributed by atoms with Crippen LogP contribution in [0.15, 0.2) is 18.2 Å². The van der Waals surface area contributed by atoms with Crippen molar-refractivity contribution in [2.75, 3.05) is 0 Å². The van der Waals surface area contributed by atoms with Crippen LogP contribution in [0, 0.1) is 6.92 Å². The van der Waals surface area contributed by atoms with Crippen molar-refractivity contribution in [3.05, 3.63) is 34.9 Å². The standard InChI is InChI=1S/C11H14F3NO/c1-6-4-3-5-8(11(12,13)14)9(6)10(16)7(2)15/h3-5,7,10,16H,15H2,1-2H3. The molecule has 3 N–H and O–H groups in total. The average molecular weight is 233 g/mol. The lowest BCUT2D eigenvalue weighted by atomic mass is 9.93. The topological polar surface area (TPSA) is 46.2 Å². The van der Waals surface area contributed by atoms with E-state index in [2.05, 4.69) is 0 Å². The molecule has 1 aromatic carbocycles. The van der Waals surface area contributed by atoms with E-state index in [-0.39, 0.29) is 5.56 Å². The molecule has 1 aromatic rings. The molecule has 2 atom stereocenters. The number of benzene rings is 1. The molecule has 0 aromatic heterocycles. The monoisotopic (exact) mass is 233 g/mol. The van der Waals surface area contributed by atoms with Gasteiger partial charge in [0, 0.05) is 6.04 Å². The van der Waals surface area contributed by atoms with Crippen LogP contribution in [0.4, 0.5) is 13.2 Å². The Morgan fingerprint density at radius 2 is 1.88 bits per heavy atom. The summed E-state index contributed by atoms with van der Waals surface area (Å²) in [7, 11) is 0. The van der Waals surface area contributed by atoms with Gasteiger partial charge in [-0.05, 0) is 31.0 Å². The summed E-state index contributed by atoms with van der Waals surface area (Å²) in [6.07, 6.45) is -5.78. The van der Waals surface area contributed by atoms with Gasteiger partial charge in [-0.3, -0.25) is 0 Å². The highest BCUT2D eigenvalue weighted by Crippen LogP contribution is 2.36. The van der Waals surface area contributed by atoms with Gasteiger partial charge in [-0.15, -0.1) is 0 Å². The third-order valence-corrected chi connectivity index (χ3v) is 2.42. The van der Waals surface area contributed by atoms with Gasteiger partial charge in [-0.2, -0.15) is 13.2 Å². The van der Waals surface area contributed by atoms with E-state index in [9.17, 15) is 18.3 Å². The zero-order valence-corrected chi connectivity index (χ0v) is 9.05. The zero-order valence-electron chi connectivity index (χ0n) is 9.05. The molecule has 0 bridgehead atoms. The normalized spacial score (nSPS) is 15.9. The van der Waals surface area contributed by atoms with Crippen molar-refractivity contribution in [3.8, 4) is 0 Å². The van der Waals surface area contributed by atoms with E-state index in [1.807, 2.05) is 0 Å². The Balaban J connectivity index is 3.35. The summed E-state index contributed by atoms with van der Waals surface area (Å²) in [5.41, 5.74) is 4.86. The van der Waals surface area contributed by atoms with Crippen molar-refractivity contribution in [2.45, 2.75) is 32.2 Å². The summed E-state index contributed by atoms with van der Waals surface area (Å²) >= 11 is 0. The van der Waals surface area contributed by atoms with Crippen LogP contribution < -0.4 is 5.73 Å². The van der Waals surface area contributed by atoms with Crippen molar-refractivity contribution in [1.29, 1.82) is 0 Å². The number of aliphatic hydroxyl groups is 1. The van der Waals surface area contributed by atoms with Gasteiger partial charge in [0.25, 0.3) is 0 Å². The predicted molar refractivity (Wildman–Crippen MR) is 54.8 cm³/mol. The van der Waals surface area contributed by atoms with Gasteiger partial charge in [0.2, 0.25) is 0 Å². The second-order valence-corrected chi connectivity index (χ2v) is 3.84. The first kappa shape index (κ1) is 13.0. The fourth-order valence-electron chi connectivity index (χ4n) is 1.58. The summed E-state index contributed by atoms with van der Waals surface area (Å²) in [6, 6.07) is 3.04. The maximum absolute atomic E-state index is 12.7. The molecule has 16 heavy (non-hydrogen) atoms. The number of halogens is 3. The number of hydrogen-bond donors (Lipinski definition) is 2. The number of rotatable bonds is 2. The first-order valence-electron chi connectivity index (χ1n) is 4.85. The lowest BCUT2D eigenvalue weighted by molar-refractivity contribution is -0.139. The van der Waals surface area contributed by atoms with E-state index in [0.29, 0.717) is 5.56 Å². The fraction of sp³-hybridized carbons (Fsp3) is 0.455. The Kier molecular flexibility index (Phi) is 3.60. The molecule has 0 aliphatic carbocycles. The van der Waals surface area contributed by atoms with Gasteiger partial charge in [0.1, 0.15) is 0 Å². The Morgan fingerprint density at radius 3 is 2.31 bits per heavy atom. The molecule has 2 nitrogen and oxygen atoms in total. The maximum atomic E-state index is 12.7. The molecule has 0 heterocycles. The molecule has 5 heteroatoms. The highest BCUT2D eigenvalue weighted by atomic mass is 19.4. The molecule has 0 aliphatic heterocycles. The third-order valence-electron chi connectivity index (χ3n) is 2.42. The van der Waals surface area contributed by atoms with Crippen LogP contribution in [0.5, 0.6) is 0 Å². The Bertz CT molecular complexity index is 374. The Labute approximate surface area is 91.9 Å². The average Bonchev–Trinajstić information content (AvgIpc) is 2.14. The summed E-state index contributed by atoms with van der Waals surface area (Å²) < 4.78 is 38.1. The van der Waals surface area contributed by atoms with Gasteiger partial charge in [-0.1, -0.05) is 12.1 Å². The predicted octanol–water partition coefficient (Wildman–Crippen LogP) is 2.39. The minimum atomic E-state index is -4.47. The van der Waals surface area contributed by atoms with E-state index in [4.69, 9.17) is 5.73 Å². The van der Waals surface area contributed by atoms with Gasteiger partial charge in [0.05, 0.1) is 11.7 Å². The molecule has 0 amide bonds. The molecule has 0 radical (unpaired) electrons. The fourth-order valence-corrected chi connectivity index (χ4v) is 1.58. The SMILES string of the molecule is Cc1cccc(C(F)(F)F)c1C(O)C(C)N. The molecule has 0 spiro atoms. The summed E-state index contributed by atoms with van der Waals surface area (Å²) in [4.78, 5) is 0. The largest absolute Gasteiger partial charge is 0.416 e. The number of aliphatic hydroxyl groups excluding tert-OH is 1. The summed E-state index contributed by atoms with van der Waals surface area (Å²) in [5, 5.41) is 9.70. The Morgan fingerprint density at radius 1 is 1.31 bits per heavy atom. The number of hydrogen-bond acceptors (Lipinski definition) is 2. The first-order valence-corrected chi connectivity index (χ1v) is 4.85. The van der Waals surface area contributed by atoms with Gasteiger partial charge in [-0.25, -0.2) is 0 Å². The summed E-state index contributed by atoms with van der Waals surface area (Å²) in [5.74, 6) is 0. The van der Waals surface area contributed by atoms with Crippen molar-refractivity contribution < 1.29 is 18.3 Å². The van der Waals surface area contributed by atoms with Crippen LogP contribution in [0.1, 0.15) is 29.7 Å². The molecule has 1 rings (SSSR count). The van der Waals surface area contributed by atoms with Crippen molar-refractivity contribution in [2.24, 2.45) is 5.73 Å². The highest BCUT2D eigenvalue weighted by molar-refractivity contribution is 5.38. The van der Waals surface area contributed by atoms with Crippen molar-refractivity contribution >= 4 is 0 Å². The molecular formula is C11H14F3NO. The third kappa shape index (κ3) is 2.54. The second-order valence-electron chi connectivity index (χ2n) is 3.84. The highest BCUT2D eigenvalue weighted by Gasteiger charge is 2.36. The van der Waals surface area contributed by atoms with E-state index in [1.54, 1.807) is 0 Å². The van der Waals surface area contributed by atoms with E-state index in [1.165, 1.54) is 26.0 Å². The molecule has 0 aliphatic rings. The second kappa shape index (κ2) is 4.43. The number of alkyl halides is 3. The molecule has 0 saturated carbocycles. The minimum absolute atomic E-state index is 0.134. The van der Waals surface area contributed by atoms with E-state index < -0.39 is 23.9 Å². The van der Waals surface area contributed by atoms with Crippen LogP contribution in [0.2, 0.25) is 0 Å². The lowest BCUT2D eigenvalue weighted by Gasteiger charge is -2.22. The van der Waals surface area contributed by atoms with Crippen LogP contribution in [-0.4, -0.2) is 11.1 Å². The van der Waals surface area contributed by atoms with Crippen LogP contribution in [0.25, 0.3) is 0 Å². The molecule has 90 valence electrons. The first-order chi connectivity index (χ1) is 7.25. The lowest BCUT2D eigenvalue weighted by Crippen LogP contribution is -2.27. The number of aryl methyl sites for hydroxylation is 1.